The van der Waals surface area contributed by atoms with Crippen molar-refractivity contribution in [2.24, 2.45) is 5.41 Å². The predicted octanol–water partition coefficient (Wildman–Crippen LogP) is 4.18. The van der Waals surface area contributed by atoms with Crippen LogP contribution in [0.1, 0.15) is 6.42 Å². The number of halogens is 5. The van der Waals surface area contributed by atoms with Gasteiger partial charge in [-0.25, -0.2) is 4.57 Å². The molecule has 0 radical (unpaired) electrons. The van der Waals surface area contributed by atoms with Crippen LogP contribution >= 0.6 is 87.5 Å². The van der Waals surface area contributed by atoms with E-state index >= 15 is 0 Å². The standard InChI is InChI=1S/C8H14Br5O4P/c9-2-6(12)1-7(13)8(3-10,4-11)5-17-18(14,15)16/h6-7H,1-5H2,(H2,14,15,16). The Hall–Kier alpha value is 2.51. The van der Waals surface area contributed by atoms with Gasteiger partial charge < -0.3 is 9.79 Å². The molecule has 0 aliphatic heterocycles. The van der Waals surface area contributed by atoms with Gasteiger partial charge in [0.25, 0.3) is 0 Å². The van der Waals surface area contributed by atoms with Gasteiger partial charge in [-0.15, -0.1) is 0 Å². The van der Waals surface area contributed by atoms with Crippen molar-refractivity contribution in [3.8, 4) is 0 Å². The van der Waals surface area contributed by atoms with Crippen molar-refractivity contribution in [3.63, 3.8) is 0 Å². The molecule has 2 atom stereocenters. The van der Waals surface area contributed by atoms with E-state index in [0.29, 0.717) is 10.7 Å². The molecule has 0 saturated heterocycles. The van der Waals surface area contributed by atoms with E-state index in [0.717, 1.165) is 11.8 Å². The van der Waals surface area contributed by atoms with E-state index in [9.17, 15) is 4.57 Å². The van der Waals surface area contributed by atoms with Crippen LogP contribution in [-0.2, 0) is 9.09 Å². The third kappa shape index (κ3) is 7.50. The summed E-state index contributed by atoms with van der Waals surface area (Å²) in [6.45, 7) is -0.0360. The molecule has 0 bridgehead atoms. The minimum Gasteiger partial charge on any atom is -0.303 e. The average Bonchev–Trinajstić information content (AvgIpc) is 2.29. The molecule has 0 aliphatic carbocycles. The summed E-state index contributed by atoms with van der Waals surface area (Å²) >= 11 is 17.3. The summed E-state index contributed by atoms with van der Waals surface area (Å²) in [4.78, 5) is 17.9. The van der Waals surface area contributed by atoms with Crippen molar-refractivity contribution in [1.82, 2.24) is 0 Å². The number of hydrogen-bond acceptors (Lipinski definition) is 2. The summed E-state index contributed by atoms with van der Waals surface area (Å²) in [5.41, 5.74) is -0.435. The Morgan fingerprint density at radius 1 is 1.17 bits per heavy atom. The van der Waals surface area contributed by atoms with Crippen LogP contribution in [0.2, 0.25) is 0 Å². The van der Waals surface area contributed by atoms with E-state index in [1.807, 2.05) is 0 Å². The summed E-state index contributed by atoms with van der Waals surface area (Å²) in [6, 6.07) is 0. The van der Waals surface area contributed by atoms with Gasteiger partial charge in [0.05, 0.1) is 6.61 Å². The van der Waals surface area contributed by atoms with Gasteiger partial charge in [0.2, 0.25) is 0 Å². The Labute approximate surface area is 149 Å². The highest BCUT2D eigenvalue weighted by Crippen LogP contribution is 2.43. The molecule has 2 N–H and O–H groups in total. The van der Waals surface area contributed by atoms with Gasteiger partial charge in [0.1, 0.15) is 0 Å². The minimum absolute atomic E-state index is 0.0360. The van der Waals surface area contributed by atoms with Crippen LogP contribution in [-0.4, -0.2) is 42.0 Å². The van der Waals surface area contributed by atoms with Gasteiger partial charge in [-0.3, -0.25) is 4.52 Å². The monoisotopic (exact) mass is 600 g/mol. The first kappa shape index (κ1) is 20.5. The van der Waals surface area contributed by atoms with Gasteiger partial charge in [0, 0.05) is 31.1 Å². The topological polar surface area (TPSA) is 66.8 Å². The van der Waals surface area contributed by atoms with Crippen molar-refractivity contribution in [2.75, 3.05) is 22.6 Å². The first-order valence-electron chi connectivity index (χ1n) is 4.87. The Balaban J connectivity index is 4.73. The SMILES string of the molecule is O=P(O)(O)OCC(CBr)(CBr)C(Br)CC(Br)CBr. The maximum absolute atomic E-state index is 10.8. The van der Waals surface area contributed by atoms with Crippen LogP contribution in [0, 0.1) is 5.41 Å². The molecule has 0 aromatic heterocycles. The van der Waals surface area contributed by atoms with E-state index in [-0.39, 0.29) is 16.3 Å². The van der Waals surface area contributed by atoms with Crippen LogP contribution in [0.15, 0.2) is 0 Å². The van der Waals surface area contributed by atoms with Crippen molar-refractivity contribution >= 4 is 87.5 Å². The third-order valence-electron chi connectivity index (χ3n) is 2.35. The predicted molar refractivity (Wildman–Crippen MR) is 91.9 cm³/mol. The Morgan fingerprint density at radius 3 is 2.00 bits per heavy atom. The van der Waals surface area contributed by atoms with Crippen LogP contribution < -0.4 is 0 Å². The summed E-state index contributed by atoms with van der Waals surface area (Å²) in [5, 5.41) is 1.92. The van der Waals surface area contributed by atoms with E-state index in [1.165, 1.54) is 0 Å². The maximum Gasteiger partial charge on any atom is 0.469 e. The smallest absolute Gasteiger partial charge is 0.303 e. The molecule has 0 aromatic rings. The molecule has 2 unspecified atom stereocenters. The van der Waals surface area contributed by atoms with Gasteiger partial charge in [-0.05, 0) is 6.42 Å². The van der Waals surface area contributed by atoms with E-state index in [4.69, 9.17) is 9.79 Å². The third-order valence-corrected chi connectivity index (χ3v) is 8.74. The van der Waals surface area contributed by atoms with Crippen LogP contribution in [0.4, 0.5) is 0 Å². The largest absolute Gasteiger partial charge is 0.469 e. The molecule has 0 saturated carbocycles. The number of hydrogen-bond donors (Lipinski definition) is 2. The quantitative estimate of drug-likeness (QED) is 0.306. The Morgan fingerprint density at radius 2 is 1.67 bits per heavy atom. The van der Waals surface area contributed by atoms with Crippen LogP contribution in [0.3, 0.4) is 0 Å². The molecule has 0 aromatic carbocycles. The lowest BCUT2D eigenvalue weighted by Crippen LogP contribution is -2.40. The number of phosphoric acid groups is 1. The molecule has 0 heterocycles. The van der Waals surface area contributed by atoms with Gasteiger partial charge in [0.15, 0.2) is 0 Å². The average molecular weight is 605 g/mol. The van der Waals surface area contributed by atoms with Crippen molar-refractivity contribution in [1.29, 1.82) is 0 Å². The normalized spacial score (nSPS) is 16.6. The van der Waals surface area contributed by atoms with Crippen LogP contribution in [0.25, 0.3) is 0 Å². The second-order valence-electron chi connectivity index (χ2n) is 3.85. The second kappa shape index (κ2) is 9.51. The summed E-state index contributed by atoms with van der Waals surface area (Å²) in [5.74, 6) is 0. The second-order valence-corrected chi connectivity index (χ2v) is 9.26. The highest BCUT2D eigenvalue weighted by Gasteiger charge is 2.38. The first-order chi connectivity index (χ1) is 8.20. The Bertz CT molecular complexity index is 283. The van der Waals surface area contributed by atoms with Crippen molar-refractivity contribution in [2.45, 2.75) is 16.1 Å². The van der Waals surface area contributed by atoms with Crippen LogP contribution in [0.5, 0.6) is 0 Å². The Kier molecular flexibility index (Phi) is 10.8. The number of rotatable bonds is 9. The highest BCUT2D eigenvalue weighted by atomic mass is 79.9. The molecule has 0 fully saturated rings. The molecular formula is C8H14Br5O4P. The molecule has 4 nitrogen and oxygen atoms in total. The molecule has 0 amide bonds. The number of phosphoric ester groups is 1. The van der Waals surface area contributed by atoms with E-state index in [1.54, 1.807) is 0 Å². The molecule has 0 spiro atoms. The van der Waals surface area contributed by atoms with Gasteiger partial charge >= 0.3 is 7.82 Å². The molecule has 10 heteroatoms. The van der Waals surface area contributed by atoms with E-state index < -0.39 is 13.2 Å². The molecular weight excluding hydrogens is 591 g/mol. The van der Waals surface area contributed by atoms with Crippen molar-refractivity contribution < 1.29 is 18.9 Å². The van der Waals surface area contributed by atoms with Gasteiger partial charge in [-0.2, -0.15) is 0 Å². The number of alkyl halides is 5. The zero-order valence-electron chi connectivity index (χ0n) is 9.24. The lowest BCUT2D eigenvalue weighted by atomic mass is 9.88. The lowest BCUT2D eigenvalue weighted by molar-refractivity contribution is 0.133. The first-order valence-corrected chi connectivity index (χ1v) is 11.6. The molecule has 110 valence electrons. The fourth-order valence-electron chi connectivity index (χ4n) is 1.12. The summed E-state index contributed by atoms with van der Waals surface area (Å²) in [6.07, 6.45) is 0.799. The minimum atomic E-state index is -4.45. The highest BCUT2D eigenvalue weighted by molar-refractivity contribution is 9.12. The zero-order valence-corrected chi connectivity index (χ0v) is 18.1. The van der Waals surface area contributed by atoms with Crippen molar-refractivity contribution in [3.05, 3.63) is 0 Å². The maximum atomic E-state index is 10.8. The van der Waals surface area contributed by atoms with E-state index in [2.05, 4.69) is 84.2 Å². The molecule has 0 rings (SSSR count). The summed E-state index contributed by atoms with van der Waals surface area (Å²) in [7, 11) is -4.45. The fourth-order valence-corrected chi connectivity index (χ4v) is 6.50. The van der Waals surface area contributed by atoms with Gasteiger partial charge in [-0.1, -0.05) is 79.6 Å². The lowest BCUT2D eigenvalue weighted by Gasteiger charge is -2.35. The summed E-state index contributed by atoms with van der Waals surface area (Å²) < 4.78 is 15.5. The molecule has 18 heavy (non-hydrogen) atoms. The molecule has 0 aliphatic rings. The fraction of sp³-hybridized carbons (Fsp3) is 1.00. The zero-order chi connectivity index (χ0) is 14.4.